The molecule has 0 aliphatic rings. The van der Waals surface area contributed by atoms with Crippen LogP contribution in [0.2, 0.25) is 0 Å². The first-order chi connectivity index (χ1) is 9.86. The molecule has 0 aliphatic carbocycles. The summed E-state index contributed by atoms with van der Waals surface area (Å²) >= 11 is 3.44. The molecule has 114 valence electrons. The molecule has 0 aromatic carbocycles. The van der Waals surface area contributed by atoms with Crippen LogP contribution in [0.3, 0.4) is 0 Å². The number of nitrogen functional groups attached to an aromatic ring is 1. The van der Waals surface area contributed by atoms with Crippen molar-refractivity contribution in [1.82, 2.24) is 18.9 Å². The van der Waals surface area contributed by atoms with Gasteiger partial charge in [0.25, 0.3) is 5.56 Å². The zero-order chi connectivity index (χ0) is 15.7. The molecule has 2 aromatic heterocycles. The molecule has 0 bridgehead atoms. The Balaban J connectivity index is 2.59. The Morgan fingerprint density at radius 1 is 1.38 bits per heavy atom. The molecule has 0 spiro atoms. The average molecular weight is 356 g/mol. The van der Waals surface area contributed by atoms with Gasteiger partial charge in [0.05, 0.1) is 22.4 Å². The molecule has 2 rings (SSSR count). The van der Waals surface area contributed by atoms with E-state index in [0.29, 0.717) is 6.54 Å². The molecule has 0 unspecified atom stereocenters. The molecule has 0 amide bonds. The van der Waals surface area contributed by atoms with Gasteiger partial charge in [-0.3, -0.25) is 18.6 Å². The van der Waals surface area contributed by atoms with Crippen molar-refractivity contribution < 1.29 is 0 Å². The molecule has 0 radical (unpaired) electrons. The molecule has 0 fully saturated rings. The van der Waals surface area contributed by atoms with Crippen LogP contribution in [0, 0.1) is 6.92 Å². The van der Waals surface area contributed by atoms with Crippen molar-refractivity contribution in [2.75, 3.05) is 5.73 Å². The van der Waals surface area contributed by atoms with Gasteiger partial charge in [-0.15, -0.1) is 0 Å². The van der Waals surface area contributed by atoms with Crippen molar-refractivity contribution in [2.45, 2.75) is 33.4 Å². The molecule has 2 heterocycles. The van der Waals surface area contributed by atoms with Crippen molar-refractivity contribution in [3.05, 3.63) is 42.9 Å². The summed E-state index contributed by atoms with van der Waals surface area (Å²) in [5.74, 6) is 0. The van der Waals surface area contributed by atoms with Crippen LogP contribution in [-0.2, 0) is 20.1 Å². The van der Waals surface area contributed by atoms with Crippen LogP contribution in [0.5, 0.6) is 0 Å². The molecule has 0 saturated carbocycles. The van der Waals surface area contributed by atoms with Crippen LogP contribution in [0.1, 0.15) is 24.7 Å². The monoisotopic (exact) mass is 355 g/mol. The average Bonchev–Trinajstić information content (AvgIpc) is 2.67. The molecule has 0 atom stereocenters. The highest BCUT2D eigenvalue weighted by molar-refractivity contribution is 9.10. The van der Waals surface area contributed by atoms with Gasteiger partial charge in [0.15, 0.2) is 0 Å². The summed E-state index contributed by atoms with van der Waals surface area (Å²) in [6, 6.07) is 0. The van der Waals surface area contributed by atoms with E-state index in [9.17, 15) is 9.59 Å². The fourth-order valence-electron chi connectivity index (χ4n) is 2.22. The van der Waals surface area contributed by atoms with E-state index in [1.165, 1.54) is 10.8 Å². The second-order valence-electron chi connectivity index (χ2n) is 4.92. The van der Waals surface area contributed by atoms with E-state index in [1.807, 2.05) is 13.8 Å². The van der Waals surface area contributed by atoms with Gasteiger partial charge in [-0.2, -0.15) is 5.10 Å². The zero-order valence-corrected chi connectivity index (χ0v) is 13.8. The third-order valence-corrected chi connectivity index (χ3v) is 4.33. The Labute approximate surface area is 130 Å². The van der Waals surface area contributed by atoms with Crippen molar-refractivity contribution in [3.63, 3.8) is 0 Å². The number of aromatic nitrogens is 4. The maximum absolute atomic E-state index is 12.4. The van der Waals surface area contributed by atoms with Gasteiger partial charge in [-0.05, 0) is 29.3 Å². The molecule has 2 N–H and O–H groups in total. The largest absolute Gasteiger partial charge is 0.393 e. The van der Waals surface area contributed by atoms with Gasteiger partial charge in [0.2, 0.25) is 0 Å². The van der Waals surface area contributed by atoms with Gasteiger partial charge in [-0.25, -0.2) is 4.79 Å². The Morgan fingerprint density at radius 2 is 2.05 bits per heavy atom. The lowest BCUT2D eigenvalue weighted by Gasteiger charge is -2.11. The second kappa shape index (κ2) is 5.88. The van der Waals surface area contributed by atoms with Gasteiger partial charge in [0.1, 0.15) is 5.69 Å². The Morgan fingerprint density at radius 3 is 2.57 bits per heavy atom. The van der Waals surface area contributed by atoms with Crippen LogP contribution in [0.15, 0.2) is 20.3 Å². The normalized spacial score (nSPS) is 11.0. The fraction of sp³-hybridized carbons (Fsp3) is 0.462. The Kier molecular flexibility index (Phi) is 4.36. The van der Waals surface area contributed by atoms with E-state index in [2.05, 4.69) is 21.0 Å². The van der Waals surface area contributed by atoms with E-state index >= 15 is 0 Å². The standard InChI is InChI=1S/C13H18BrN5O2/c1-4-5-18-6-9(15)12(20)19(13(18)21)7-10-11(14)8(2)16-17(10)3/h6H,4-5,7,15H2,1-3H3. The first kappa shape index (κ1) is 15.6. The lowest BCUT2D eigenvalue weighted by molar-refractivity contribution is 0.557. The van der Waals surface area contributed by atoms with E-state index in [1.54, 1.807) is 11.7 Å². The van der Waals surface area contributed by atoms with E-state index < -0.39 is 5.56 Å². The summed E-state index contributed by atoms with van der Waals surface area (Å²) < 4.78 is 5.05. The van der Waals surface area contributed by atoms with Crippen molar-refractivity contribution in [3.8, 4) is 0 Å². The molecular weight excluding hydrogens is 338 g/mol. The number of anilines is 1. The van der Waals surface area contributed by atoms with E-state index in [4.69, 9.17) is 5.73 Å². The third-order valence-electron chi connectivity index (χ3n) is 3.30. The van der Waals surface area contributed by atoms with Crippen molar-refractivity contribution in [2.24, 2.45) is 7.05 Å². The van der Waals surface area contributed by atoms with Crippen molar-refractivity contribution >= 4 is 21.6 Å². The topological polar surface area (TPSA) is 87.8 Å². The number of hydrogen-bond donors (Lipinski definition) is 1. The number of hydrogen-bond acceptors (Lipinski definition) is 4. The summed E-state index contributed by atoms with van der Waals surface area (Å²) in [5.41, 5.74) is 6.52. The molecule has 21 heavy (non-hydrogen) atoms. The molecule has 0 saturated heterocycles. The molecule has 2 aromatic rings. The summed E-state index contributed by atoms with van der Waals surface area (Å²) in [5, 5.41) is 4.26. The number of aryl methyl sites for hydroxylation is 3. The van der Waals surface area contributed by atoms with E-state index in [-0.39, 0.29) is 17.9 Å². The molecule has 8 heteroatoms. The Bertz CT molecular complexity index is 787. The lowest BCUT2D eigenvalue weighted by Crippen LogP contribution is -2.41. The van der Waals surface area contributed by atoms with Crippen LogP contribution < -0.4 is 17.0 Å². The summed E-state index contributed by atoms with van der Waals surface area (Å²) in [7, 11) is 1.77. The van der Waals surface area contributed by atoms with E-state index in [0.717, 1.165) is 26.8 Å². The first-order valence-electron chi connectivity index (χ1n) is 6.64. The SMILES string of the molecule is CCCn1cc(N)c(=O)n(Cc2c(Br)c(C)nn2C)c1=O. The minimum Gasteiger partial charge on any atom is -0.393 e. The quantitative estimate of drug-likeness (QED) is 0.880. The van der Waals surface area contributed by atoms with Crippen molar-refractivity contribution in [1.29, 1.82) is 0 Å². The predicted octanol–water partition coefficient (Wildman–Crippen LogP) is 0.855. The second-order valence-corrected chi connectivity index (χ2v) is 5.71. The molecule has 0 aliphatic heterocycles. The smallest absolute Gasteiger partial charge is 0.331 e. The maximum Gasteiger partial charge on any atom is 0.331 e. The third kappa shape index (κ3) is 2.80. The van der Waals surface area contributed by atoms with Crippen LogP contribution in [0.4, 0.5) is 5.69 Å². The maximum atomic E-state index is 12.4. The predicted molar refractivity (Wildman–Crippen MR) is 84.4 cm³/mol. The van der Waals surface area contributed by atoms with Gasteiger partial charge in [-0.1, -0.05) is 6.92 Å². The first-order valence-corrected chi connectivity index (χ1v) is 7.43. The Hall–Kier alpha value is -1.83. The number of nitrogens with two attached hydrogens (primary N) is 1. The minimum absolute atomic E-state index is 0.0677. The molecule has 7 nitrogen and oxygen atoms in total. The highest BCUT2D eigenvalue weighted by atomic mass is 79.9. The molecular formula is C13H18BrN5O2. The fourth-order valence-corrected chi connectivity index (χ4v) is 2.68. The van der Waals surface area contributed by atoms with Crippen LogP contribution >= 0.6 is 15.9 Å². The van der Waals surface area contributed by atoms with Crippen LogP contribution in [0.25, 0.3) is 0 Å². The summed E-state index contributed by atoms with van der Waals surface area (Å²) in [4.78, 5) is 24.6. The number of rotatable bonds is 4. The number of halogens is 1. The van der Waals surface area contributed by atoms with Gasteiger partial charge >= 0.3 is 5.69 Å². The highest BCUT2D eigenvalue weighted by Gasteiger charge is 2.15. The highest BCUT2D eigenvalue weighted by Crippen LogP contribution is 2.20. The van der Waals surface area contributed by atoms with Gasteiger partial charge in [0, 0.05) is 19.8 Å². The van der Waals surface area contributed by atoms with Crippen LogP contribution in [-0.4, -0.2) is 18.9 Å². The number of nitrogens with zero attached hydrogens (tertiary/aromatic N) is 4. The van der Waals surface area contributed by atoms with Gasteiger partial charge < -0.3 is 5.73 Å². The summed E-state index contributed by atoms with van der Waals surface area (Å²) in [6.07, 6.45) is 2.19. The lowest BCUT2D eigenvalue weighted by atomic mass is 10.3. The summed E-state index contributed by atoms with van der Waals surface area (Å²) in [6.45, 7) is 4.46. The minimum atomic E-state index is -0.474. The zero-order valence-electron chi connectivity index (χ0n) is 12.3.